The van der Waals surface area contributed by atoms with Gasteiger partial charge in [-0.2, -0.15) is 4.31 Å². The molecule has 2 heterocycles. The zero-order valence-electron chi connectivity index (χ0n) is 19.4. The Bertz CT molecular complexity index is 941. The second-order valence-corrected chi connectivity index (χ2v) is 10.7. The molecule has 0 amide bonds. The van der Waals surface area contributed by atoms with Crippen molar-refractivity contribution in [2.45, 2.75) is 24.4 Å². The Kier molecular flexibility index (Phi) is 8.89. The van der Waals surface area contributed by atoms with E-state index in [0.717, 1.165) is 83.1 Å². The minimum atomic E-state index is -3.59. The molecule has 0 atom stereocenters. The number of hydrogen-bond acceptors (Lipinski definition) is 6. The monoisotopic (exact) mass is 472 g/mol. The van der Waals surface area contributed by atoms with Gasteiger partial charge in [0.25, 0.3) is 0 Å². The van der Waals surface area contributed by atoms with Crippen LogP contribution in [0.15, 0.2) is 59.5 Å². The molecule has 2 aromatic rings. The summed E-state index contributed by atoms with van der Waals surface area (Å²) >= 11 is 0. The van der Waals surface area contributed by atoms with Gasteiger partial charge < -0.3 is 10.1 Å². The predicted molar refractivity (Wildman–Crippen MR) is 131 cm³/mol. The third-order valence-electron chi connectivity index (χ3n) is 6.36. The lowest BCUT2D eigenvalue weighted by Crippen LogP contribution is -2.42. The maximum absolute atomic E-state index is 13.6. The van der Waals surface area contributed by atoms with E-state index in [9.17, 15) is 8.42 Å². The number of sulfonamides is 1. The van der Waals surface area contributed by atoms with Gasteiger partial charge in [-0.15, -0.1) is 0 Å². The smallest absolute Gasteiger partial charge is 0.243 e. The lowest BCUT2D eigenvalue weighted by Gasteiger charge is -2.28. The Balaban J connectivity index is 1.43. The molecule has 0 unspecified atom stereocenters. The molecule has 0 radical (unpaired) electrons. The second kappa shape index (κ2) is 12.1. The van der Waals surface area contributed by atoms with Crippen LogP contribution in [0.3, 0.4) is 0 Å². The molecule has 0 bridgehead atoms. The molecule has 2 aliphatic heterocycles. The van der Waals surface area contributed by atoms with Crippen LogP contribution >= 0.6 is 0 Å². The van der Waals surface area contributed by atoms with Crippen molar-refractivity contribution in [3.05, 3.63) is 65.7 Å². The van der Waals surface area contributed by atoms with Crippen molar-refractivity contribution in [1.82, 2.24) is 19.4 Å². The van der Waals surface area contributed by atoms with Crippen LogP contribution in [0.2, 0.25) is 0 Å². The summed E-state index contributed by atoms with van der Waals surface area (Å²) in [5.74, 6) is 0. The number of rotatable bonds is 10. The first-order valence-corrected chi connectivity index (χ1v) is 13.4. The van der Waals surface area contributed by atoms with Gasteiger partial charge in [0.2, 0.25) is 10.0 Å². The Labute approximate surface area is 198 Å². The topological polar surface area (TPSA) is 65.1 Å². The quantitative estimate of drug-likeness (QED) is 0.571. The summed E-state index contributed by atoms with van der Waals surface area (Å²) in [6.45, 7) is 10.0. The average Bonchev–Trinajstić information content (AvgIpc) is 2.86. The molecule has 0 spiro atoms. The van der Waals surface area contributed by atoms with Crippen molar-refractivity contribution in [3.63, 3.8) is 0 Å². The molecule has 2 fully saturated rings. The molecule has 8 heteroatoms. The van der Waals surface area contributed by atoms with E-state index in [4.69, 9.17) is 4.74 Å². The lowest BCUT2D eigenvalue weighted by atomic mass is 10.2. The van der Waals surface area contributed by atoms with Gasteiger partial charge in [-0.05, 0) is 36.2 Å². The largest absolute Gasteiger partial charge is 0.379 e. The highest BCUT2D eigenvalue weighted by Crippen LogP contribution is 2.20. The summed E-state index contributed by atoms with van der Waals surface area (Å²) in [4.78, 5) is 5.11. The normalized spacial score (nSPS) is 18.6. The summed E-state index contributed by atoms with van der Waals surface area (Å²) in [6.07, 6.45) is 0.799. The molecule has 1 N–H and O–H groups in total. The van der Waals surface area contributed by atoms with E-state index in [0.29, 0.717) is 18.0 Å². The van der Waals surface area contributed by atoms with E-state index >= 15 is 0 Å². The van der Waals surface area contributed by atoms with E-state index in [2.05, 4.69) is 15.1 Å². The number of hydrogen-bond donors (Lipinski definition) is 1. The van der Waals surface area contributed by atoms with Gasteiger partial charge in [-0.25, -0.2) is 8.42 Å². The Morgan fingerprint density at radius 2 is 1.55 bits per heavy atom. The predicted octanol–water partition coefficient (Wildman–Crippen LogP) is 2.01. The maximum atomic E-state index is 13.6. The van der Waals surface area contributed by atoms with Crippen molar-refractivity contribution in [3.8, 4) is 0 Å². The van der Waals surface area contributed by atoms with Gasteiger partial charge in [0.15, 0.2) is 0 Å². The molecular weight excluding hydrogens is 436 g/mol. The van der Waals surface area contributed by atoms with E-state index < -0.39 is 10.0 Å². The number of benzene rings is 2. The van der Waals surface area contributed by atoms with Crippen molar-refractivity contribution in [2.75, 3.05) is 65.6 Å². The molecule has 0 saturated carbocycles. The van der Waals surface area contributed by atoms with Crippen LogP contribution in [0.25, 0.3) is 0 Å². The third-order valence-corrected chi connectivity index (χ3v) is 8.22. The Hall–Kier alpha value is -1.81. The highest BCUT2D eigenvalue weighted by molar-refractivity contribution is 7.89. The van der Waals surface area contributed by atoms with Crippen LogP contribution in [0.5, 0.6) is 0 Å². The highest BCUT2D eigenvalue weighted by atomic mass is 32.2. The van der Waals surface area contributed by atoms with Gasteiger partial charge in [-0.1, -0.05) is 42.5 Å². The zero-order valence-corrected chi connectivity index (χ0v) is 20.2. The van der Waals surface area contributed by atoms with Crippen LogP contribution in [-0.2, 0) is 27.8 Å². The van der Waals surface area contributed by atoms with E-state index in [-0.39, 0.29) is 0 Å². The molecule has 2 aromatic carbocycles. The van der Waals surface area contributed by atoms with E-state index in [1.165, 1.54) is 0 Å². The van der Waals surface area contributed by atoms with E-state index in [1.54, 1.807) is 16.4 Å². The summed E-state index contributed by atoms with van der Waals surface area (Å²) in [5.41, 5.74) is 2.15. The maximum Gasteiger partial charge on any atom is 0.243 e. The lowest BCUT2D eigenvalue weighted by molar-refractivity contribution is 0.0368. The summed E-state index contributed by atoms with van der Waals surface area (Å²) in [5, 5.41) is 3.36. The Morgan fingerprint density at radius 1 is 0.848 bits per heavy atom. The minimum Gasteiger partial charge on any atom is -0.379 e. The summed E-state index contributed by atoms with van der Waals surface area (Å²) in [7, 11) is -3.59. The first-order chi connectivity index (χ1) is 16.1. The molecule has 0 aliphatic carbocycles. The first-order valence-electron chi connectivity index (χ1n) is 12.0. The van der Waals surface area contributed by atoms with Crippen LogP contribution in [-0.4, -0.2) is 88.1 Å². The average molecular weight is 473 g/mol. The first kappa shape index (κ1) is 24.3. The van der Waals surface area contributed by atoms with Gasteiger partial charge in [0, 0.05) is 58.9 Å². The van der Waals surface area contributed by atoms with Crippen molar-refractivity contribution >= 4 is 10.0 Å². The van der Waals surface area contributed by atoms with Gasteiger partial charge in [-0.3, -0.25) is 9.80 Å². The number of morpholine rings is 1. The zero-order chi connectivity index (χ0) is 22.9. The molecule has 2 aliphatic rings. The number of piperazine rings is 1. The number of nitrogens with zero attached hydrogens (tertiary/aromatic N) is 3. The standard InChI is InChI=1S/C25H36N4O3S/c30-33(31,25-9-7-24(8-10-25)21-28-15-11-26-12-16-28)29(22-23-5-2-1-3-6-23)14-4-13-27-17-19-32-20-18-27/h1-3,5-10,26H,4,11-22H2. The summed E-state index contributed by atoms with van der Waals surface area (Å²) in [6, 6.07) is 17.3. The molecule has 0 aromatic heterocycles. The molecule has 180 valence electrons. The minimum absolute atomic E-state index is 0.369. The fraction of sp³-hybridized carbons (Fsp3) is 0.520. The third kappa shape index (κ3) is 7.09. The SMILES string of the molecule is O=S(=O)(c1ccc(CN2CCNCC2)cc1)N(CCCN1CCOCC1)Cc1ccccc1. The Morgan fingerprint density at radius 3 is 2.24 bits per heavy atom. The van der Waals surface area contributed by atoms with Crippen LogP contribution in [0.4, 0.5) is 0 Å². The highest BCUT2D eigenvalue weighted by Gasteiger charge is 2.25. The molecule has 4 rings (SSSR count). The van der Waals surface area contributed by atoms with Gasteiger partial charge in [0.1, 0.15) is 0 Å². The van der Waals surface area contributed by atoms with Crippen LogP contribution in [0.1, 0.15) is 17.5 Å². The van der Waals surface area contributed by atoms with Crippen LogP contribution in [0, 0.1) is 0 Å². The van der Waals surface area contributed by atoms with Crippen molar-refractivity contribution < 1.29 is 13.2 Å². The number of ether oxygens (including phenoxy) is 1. The van der Waals surface area contributed by atoms with Gasteiger partial charge in [0.05, 0.1) is 18.1 Å². The summed E-state index contributed by atoms with van der Waals surface area (Å²) < 4.78 is 34.2. The fourth-order valence-electron chi connectivity index (χ4n) is 4.41. The second-order valence-electron chi connectivity index (χ2n) is 8.80. The number of nitrogens with one attached hydrogen (secondary N) is 1. The molecule has 2 saturated heterocycles. The van der Waals surface area contributed by atoms with Crippen molar-refractivity contribution in [1.29, 1.82) is 0 Å². The van der Waals surface area contributed by atoms with Gasteiger partial charge >= 0.3 is 0 Å². The molecule has 7 nitrogen and oxygen atoms in total. The molecule has 33 heavy (non-hydrogen) atoms. The fourth-order valence-corrected chi connectivity index (χ4v) is 5.88. The van der Waals surface area contributed by atoms with E-state index in [1.807, 2.05) is 42.5 Å². The van der Waals surface area contributed by atoms with Crippen LogP contribution < -0.4 is 5.32 Å². The molecular formula is C25H36N4O3S. The van der Waals surface area contributed by atoms with Crippen molar-refractivity contribution in [2.24, 2.45) is 0 Å².